The first kappa shape index (κ1) is 21.5. The van der Waals surface area contributed by atoms with Crippen molar-refractivity contribution in [2.75, 3.05) is 25.9 Å². The Labute approximate surface area is 174 Å². The number of amides is 1. The Bertz CT molecular complexity index is 949. The zero-order valence-electron chi connectivity index (χ0n) is 17.5. The molecule has 5 nitrogen and oxygen atoms in total. The Kier molecular flexibility index (Phi) is 6.44. The quantitative estimate of drug-likeness (QED) is 0.728. The van der Waals surface area contributed by atoms with Crippen molar-refractivity contribution in [3.8, 4) is 0 Å². The minimum Gasteiger partial charge on any atom is -0.341 e. The normalized spacial score (nSPS) is 17.1. The van der Waals surface area contributed by atoms with E-state index in [4.69, 9.17) is 0 Å². The first-order valence-electron chi connectivity index (χ1n) is 10.1. The summed E-state index contributed by atoms with van der Waals surface area (Å²) >= 11 is 0. The second-order valence-electron chi connectivity index (χ2n) is 7.84. The summed E-state index contributed by atoms with van der Waals surface area (Å²) in [6.07, 6.45) is 0.986. The summed E-state index contributed by atoms with van der Waals surface area (Å²) in [5, 5.41) is 0. The van der Waals surface area contributed by atoms with Crippen LogP contribution in [0, 0.1) is 6.92 Å². The number of nitrogens with zero attached hydrogens (tertiary/aromatic N) is 2. The zero-order chi connectivity index (χ0) is 21.1. The molecular formula is C23H30N2O3S. The number of rotatable bonds is 6. The maximum Gasteiger partial charge on any atom is 0.233 e. The lowest BCUT2D eigenvalue weighted by Crippen LogP contribution is -2.53. The summed E-state index contributed by atoms with van der Waals surface area (Å²) in [4.78, 5) is 15.5. The molecule has 3 rings (SSSR count). The Morgan fingerprint density at radius 3 is 2.21 bits per heavy atom. The largest absolute Gasteiger partial charge is 0.341 e. The van der Waals surface area contributed by atoms with Gasteiger partial charge in [0.2, 0.25) is 15.9 Å². The molecule has 0 saturated carbocycles. The molecule has 0 spiro atoms. The lowest BCUT2D eigenvalue weighted by atomic mass is 9.72. The highest BCUT2D eigenvalue weighted by molar-refractivity contribution is 7.89. The average Bonchev–Trinajstić information content (AvgIpc) is 2.75. The predicted octanol–water partition coefficient (Wildman–Crippen LogP) is 3.34. The van der Waals surface area contributed by atoms with Crippen molar-refractivity contribution in [1.82, 2.24) is 9.21 Å². The van der Waals surface area contributed by atoms with Crippen LogP contribution in [-0.2, 0) is 26.8 Å². The number of likely N-dealkylation sites (N-methyl/N-ethyl adjacent to an activating group) is 1. The van der Waals surface area contributed by atoms with Gasteiger partial charge >= 0.3 is 0 Å². The van der Waals surface area contributed by atoms with Crippen LogP contribution in [-0.4, -0.2) is 49.4 Å². The van der Waals surface area contributed by atoms with E-state index in [2.05, 4.69) is 13.0 Å². The maximum absolute atomic E-state index is 13.7. The standard InChI is InChI=1S/C23H30N2O3S/c1-4-29(27,28)25-16-14-23(15-17-25,21-12-6-5-7-13-21)22(26)24(3)18-20-11-9-8-10-19(20)2/h5-13H,4,14-18H2,1-3H3. The van der Waals surface area contributed by atoms with Crippen molar-refractivity contribution < 1.29 is 13.2 Å². The van der Waals surface area contributed by atoms with Crippen LogP contribution in [0.25, 0.3) is 0 Å². The molecule has 1 heterocycles. The highest BCUT2D eigenvalue weighted by Crippen LogP contribution is 2.38. The number of piperidine rings is 1. The molecule has 156 valence electrons. The molecule has 1 fully saturated rings. The Morgan fingerprint density at radius 2 is 1.62 bits per heavy atom. The van der Waals surface area contributed by atoms with E-state index < -0.39 is 15.4 Å². The van der Waals surface area contributed by atoms with E-state index in [1.54, 1.807) is 11.8 Å². The van der Waals surface area contributed by atoms with Crippen LogP contribution in [0.15, 0.2) is 54.6 Å². The van der Waals surface area contributed by atoms with Gasteiger partial charge in [-0.2, -0.15) is 0 Å². The summed E-state index contributed by atoms with van der Waals surface area (Å²) in [6.45, 7) is 4.99. The summed E-state index contributed by atoms with van der Waals surface area (Å²) in [7, 11) is -1.40. The number of sulfonamides is 1. The van der Waals surface area contributed by atoms with Crippen LogP contribution in [0.5, 0.6) is 0 Å². The fourth-order valence-corrected chi connectivity index (χ4v) is 5.30. The molecule has 2 aromatic carbocycles. The molecule has 1 aliphatic heterocycles. The van der Waals surface area contributed by atoms with Crippen LogP contribution >= 0.6 is 0 Å². The van der Waals surface area contributed by atoms with Crippen LogP contribution in [0.3, 0.4) is 0 Å². The van der Waals surface area contributed by atoms with Gasteiger partial charge in [0.05, 0.1) is 11.2 Å². The topological polar surface area (TPSA) is 57.7 Å². The number of carbonyl (C=O) groups is 1. The molecule has 0 aliphatic carbocycles. The number of benzene rings is 2. The molecule has 1 amide bonds. The van der Waals surface area contributed by atoms with Crippen molar-refractivity contribution in [3.63, 3.8) is 0 Å². The molecule has 1 saturated heterocycles. The number of aryl methyl sites for hydroxylation is 1. The Balaban J connectivity index is 1.89. The van der Waals surface area contributed by atoms with Gasteiger partial charge in [-0.05, 0) is 43.4 Å². The van der Waals surface area contributed by atoms with E-state index in [9.17, 15) is 13.2 Å². The number of hydrogen-bond donors (Lipinski definition) is 0. The lowest BCUT2D eigenvalue weighted by Gasteiger charge is -2.42. The molecule has 1 aliphatic rings. The van der Waals surface area contributed by atoms with Gasteiger partial charge in [0.25, 0.3) is 0 Å². The van der Waals surface area contributed by atoms with Gasteiger partial charge in [-0.25, -0.2) is 12.7 Å². The molecule has 0 unspecified atom stereocenters. The summed E-state index contributed by atoms with van der Waals surface area (Å²) < 4.78 is 26.2. The third-order valence-electron chi connectivity index (χ3n) is 6.09. The molecular weight excluding hydrogens is 384 g/mol. The van der Waals surface area contributed by atoms with Gasteiger partial charge in [0.15, 0.2) is 0 Å². The smallest absolute Gasteiger partial charge is 0.233 e. The first-order valence-corrected chi connectivity index (χ1v) is 11.7. The molecule has 29 heavy (non-hydrogen) atoms. The van der Waals surface area contributed by atoms with E-state index in [1.807, 2.05) is 55.6 Å². The van der Waals surface area contributed by atoms with Crippen LogP contribution in [0.2, 0.25) is 0 Å². The van der Waals surface area contributed by atoms with Gasteiger partial charge in [-0.15, -0.1) is 0 Å². The minimum absolute atomic E-state index is 0.0560. The molecule has 0 atom stereocenters. The fraction of sp³-hybridized carbons (Fsp3) is 0.435. The summed E-state index contributed by atoms with van der Waals surface area (Å²) in [6, 6.07) is 17.9. The monoisotopic (exact) mass is 414 g/mol. The number of hydrogen-bond acceptors (Lipinski definition) is 3. The molecule has 0 aromatic heterocycles. The van der Waals surface area contributed by atoms with E-state index in [-0.39, 0.29) is 11.7 Å². The summed E-state index contributed by atoms with van der Waals surface area (Å²) in [5.41, 5.74) is 2.55. The van der Waals surface area contributed by atoms with Crippen LogP contribution in [0.1, 0.15) is 36.5 Å². The lowest BCUT2D eigenvalue weighted by molar-refractivity contribution is -0.138. The molecule has 0 radical (unpaired) electrons. The van der Waals surface area contributed by atoms with Gasteiger partial charge in [-0.1, -0.05) is 54.6 Å². The fourth-order valence-electron chi connectivity index (χ4n) is 4.19. The Morgan fingerprint density at radius 1 is 1.03 bits per heavy atom. The van der Waals surface area contributed by atoms with Gasteiger partial charge in [0.1, 0.15) is 0 Å². The third kappa shape index (κ3) is 4.38. The van der Waals surface area contributed by atoms with E-state index in [0.717, 1.165) is 16.7 Å². The predicted molar refractivity (Wildman–Crippen MR) is 116 cm³/mol. The van der Waals surface area contributed by atoms with E-state index in [0.29, 0.717) is 32.5 Å². The second kappa shape index (κ2) is 8.67. The van der Waals surface area contributed by atoms with Crippen molar-refractivity contribution in [1.29, 1.82) is 0 Å². The van der Waals surface area contributed by atoms with Crippen LogP contribution in [0.4, 0.5) is 0 Å². The van der Waals surface area contributed by atoms with Gasteiger partial charge in [0, 0.05) is 26.7 Å². The van der Waals surface area contributed by atoms with Crippen molar-refractivity contribution in [2.45, 2.75) is 38.6 Å². The molecule has 0 N–H and O–H groups in total. The first-order chi connectivity index (χ1) is 13.8. The van der Waals surface area contributed by atoms with E-state index >= 15 is 0 Å². The SMILES string of the molecule is CCS(=O)(=O)N1CCC(C(=O)N(C)Cc2ccccc2C)(c2ccccc2)CC1. The van der Waals surface area contributed by atoms with Gasteiger partial charge < -0.3 is 4.90 Å². The highest BCUT2D eigenvalue weighted by atomic mass is 32.2. The second-order valence-corrected chi connectivity index (χ2v) is 10.1. The van der Waals surface area contributed by atoms with Crippen molar-refractivity contribution in [3.05, 3.63) is 71.3 Å². The van der Waals surface area contributed by atoms with Gasteiger partial charge in [-0.3, -0.25) is 4.79 Å². The minimum atomic E-state index is -3.25. The third-order valence-corrected chi connectivity index (χ3v) is 7.97. The van der Waals surface area contributed by atoms with Crippen molar-refractivity contribution in [2.24, 2.45) is 0 Å². The number of carbonyl (C=O) groups excluding carboxylic acids is 1. The molecule has 2 aromatic rings. The highest BCUT2D eigenvalue weighted by Gasteiger charge is 2.45. The van der Waals surface area contributed by atoms with Crippen molar-refractivity contribution >= 4 is 15.9 Å². The van der Waals surface area contributed by atoms with E-state index in [1.165, 1.54) is 4.31 Å². The van der Waals surface area contributed by atoms with Crippen LogP contribution < -0.4 is 0 Å². The zero-order valence-corrected chi connectivity index (χ0v) is 18.3. The molecule has 0 bridgehead atoms. The summed E-state index contributed by atoms with van der Waals surface area (Å²) in [5.74, 6) is 0.146. The Hall–Kier alpha value is -2.18. The average molecular weight is 415 g/mol. The molecule has 6 heteroatoms. The maximum atomic E-state index is 13.7.